The van der Waals surface area contributed by atoms with Crippen LogP contribution in [0.4, 0.5) is 17.3 Å². The van der Waals surface area contributed by atoms with E-state index in [0.717, 1.165) is 22.7 Å². The summed E-state index contributed by atoms with van der Waals surface area (Å²) in [4.78, 5) is 34.8. The van der Waals surface area contributed by atoms with Gasteiger partial charge in [0, 0.05) is 43.2 Å². The highest BCUT2D eigenvalue weighted by molar-refractivity contribution is 5.90. The van der Waals surface area contributed by atoms with E-state index in [2.05, 4.69) is 37.4 Å². The number of nitrogens with one attached hydrogen (secondary N) is 2. The SMILES string of the molecule is CCN1CC(NC(=O)/C=C/CN(C)C)COc2cc3ncnc(Nc4ccc(Oc5ccc(C)nc5)c(C)c4)c3nc21. The van der Waals surface area contributed by atoms with Crippen LogP contribution >= 0.6 is 0 Å². The summed E-state index contributed by atoms with van der Waals surface area (Å²) in [6.07, 6.45) is 6.62. The van der Waals surface area contributed by atoms with Gasteiger partial charge >= 0.3 is 0 Å². The van der Waals surface area contributed by atoms with Gasteiger partial charge in [0.25, 0.3) is 0 Å². The number of amides is 1. The molecule has 1 aromatic carbocycles. The zero-order chi connectivity index (χ0) is 29.6. The normalized spacial score (nSPS) is 14.9. The quantitative estimate of drug-likeness (QED) is 0.282. The van der Waals surface area contributed by atoms with Gasteiger partial charge < -0.3 is 29.9 Å². The summed E-state index contributed by atoms with van der Waals surface area (Å²) in [5, 5.41) is 6.45. The number of carbonyl (C=O) groups excluding carboxylic acids is 1. The Morgan fingerprint density at radius 1 is 1.17 bits per heavy atom. The third-order valence-electron chi connectivity index (χ3n) is 6.75. The molecule has 11 heteroatoms. The van der Waals surface area contributed by atoms with E-state index in [1.165, 1.54) is 6.33 Å². The zero-order valence-electron chi connectivity index (χ0n) is 24.6. The monoisotopic (exact) mass is 568 g/mol. The molecule has 1 unspecified atom stereocenters. The number of fused-ring (bicyclic) bond motifs is 2. The largest absolute Gasteiger partial charge is 0.487 e. The molecule has 4 heterocycles. The van der Waals surface area contributed by atoms with E-state index in [0.29, 0.717) is 60.4 Å². The van der Waals surface area contributed by atoms with Crippen molar-refractivity contribution in [3.63, 3.8) is 0 Å². The number of carbonyl (C=O) groups is 1. The van der Waals surface area contributed by atoms with Gasteiger partial charge in [0.2, 0.25) is 5.91 Å². The predicted molar refractivity (Wildman–Crippen MR) is 164 cm³/mol. The van der Waals surface area contributed by atoms with Crippen molar-refractivity contribution in [2.45, 2.75) is 26.8 Å². The van der Waals surface area contributed by atoms with E-state index in [1.807, 2.05) is 75.3 Å². The van der Waals surface area contributed by atoms with Crippen LogP contribution in [0.5, 0.6) is 17.2 Å². The van der Waals surface area contributed by atoms with Gasteiger partial charge in [0.15, 0.2) is 17.4 Å². The number of nitrogens with zero attached hydrogens (tertiary/aromatic N) is 6. The molecule has 218 valence electrons. The van der Waals surface area contributed by atoms with Crippen LogP contribution in [0.2, 0.25) is 0 Å². The first-order chi connectivity index (χ1) is 20.3. The molecule has 11 nitrogen and oxygen atoms in total. The van der Waals surface area contributed by atoms with Gasteiger partial charge in [-0.15, -0.1) is 0 Å². The summed E-state index contributed by atoms with van der Waals surface area (Å²) in [6, 6.07) is 11.3. The first-order valence-corrected chi connectivity index (χ1v) is 13.9. The molecular formula is C31H36N8O3. The fraction of sp³-hybridized carbons (Fsp3) is 0.323. The lowest BCUT2D eigenvalue weighted by molar-refractivity contribution is -0.117. The fourth-order valence-electron chi connectivity index (χ4n) is 4.58. The van der Waals surface area contributed by atoms with Crippen molar-refractivity contribution in [1.82, 2.24) is 30.2 Å². The van der Waals surface area contributed by atoms with Gasteiger partial charge in [-0.25, -0.2) is 15.0 Å². The second-order valence-electron chi connectivity index (χ2n) is 10.5. The predicted octanol–water partition coefficient (Wildman–Crippen LogP) is 4.39. The molecule has 0 spiro atoms. The number of aromatic nitrogens is 4. The van der Waals surface area contributed by atoms with E-state index < -0.39 is 0 Å². The van der Waals surface area contributed by atoms with E-state index in [4.69, 9.17) is 14.5 Å². The minimum absolute atomic E-state index is 0.148. The number of hydrogen-bond donors (Lipinski definition) is 2. The average Bonchev–Trinajstić information content (AvgIpc) is 3.13. The molecule has 0 saturated carbocycles. The van der Waals surface area contributed by atoms with Crippen LogP contribution in [0.15, 0.2) is 61.1 Å². The molecule has 0 fully saturated rings. The molecule has 0 aliphatic carbocycles. The maximum Gasteiger partial charge on any atom is 0.244 e. The molecule has 1 atom stereocenters. The number of likely N-dealkylation sites (N-methyl/N-ethyl adjacent to an activating group) is 2. The Morgan fingerprint density at radius 3 is 2.76 bits per heavy atom. The smallest absolute Gasteiger partial charge is 0.244 e. The summed E-state index contributed by atoms with van der Waals surface area (Å²) in [5.74, 6) is 3.17. The lowest BCUT2D eigenvalue weighted by Gasteiger charge is -2.24. The summed E-state index contributed by atoms with van der Waals surface area (Å²) < 4.78 is 12.2. The number of rotatable bonds is 9. The van der Waals surface area contributed by atoms with Gasteiger partial charge in [-0.05, 0) is 70.8 Å². The first-order valence-electron chi connectivity index (χ1n) is 13.9. The van der Waals surface area contributed by atoms with Gasteiger partial charge in [-0.3, -0.25) is 9.78 Å². The Kier molecular flexibility index (Phi) is 8.77. The summed E-state index contributed by atoms with van der Waals surface area (Å²) in [6.45, 7) is 8.24. The van der Waals surface area contributed by atoms with Gasteiger partial charge in [0.1, 0.15) is 29.9 Å². The number of ether oxygens (including phenoxy) is 2. The summed E-state index contributed by atoms with van der Waals surface area (Å²) in [5.41, 5.74) is 4.00. The molecule has 0 saturated heterocycles. The average molecular weight is 569 g/mol. The van der Waals surface area contributed by atoms with Gasteiger partial charge in [-0.1, -0.05) is 6.08 Å². The molecule has 0 radical (unpaired) electrons. The van der Waals surface area contributed by atoms with E-state index >= 15 is 0 Å². The van der Waals surface area contributed by atoms with Crippen molar-refractivity contribution in [3.05, 3.63) is 72.3 Å². The Bertz CT molecular complexity index is 1590. The second-order valence-corrected chi connectivity index (χ2v) is 10.5. The van der Waals surface area contributed by atoms with Crippen LogP contribution in [0.1, 0.15) is 18.2 Å². The highest BCUT2D eigenvalue weighted by atomic mass is 16.5. The molecule has 3 aromatic heterocycles. The molecule has 5 rings (SSSR count). The molecule has 1 aliphatic heterocycles. The molecule has 42 heavy (non-hydrogen) atoms. The van der Waals surface area contributed by atoms with E-state index in [1.54, 1.807) is 12.3 Å². The summed E-state index contributed by atoms with van der Waals surface area (Å²) >= 11 is 0. The number of anilines is 3. The van der Waals surface area contributed by atoms with Crippen LogP contribution in [0.3, 0.4) is 0 Å². The molecule has 2 N–H and O–H groups in total. The first kappa shape index (κ1) is 28.7. The van der Waals surface area contributed by atoms with Crippen LogP contribution in [-0.4, -0.2) is 77.1 Å². The number of pyridine rings is 2. The molecular weight excluding hydrogens is 532 g/mol. The molecule has 0 bridgehead atoms. The Morgan fingerprint density at radius 2 is 2.02 bits per heavy atom. The highest BCUT2D eigenvalue weighted by Crippen LogP contribution is 2.35. The number of hydrogen-bond acceptors (Lipinski definition) is 10. The van der Waals surface area contributed by atoms with Crippen molar-refractivity contribution >= 4 is 34.3 Å². The van der Waals surface area contributed by atoms with Gasteiger partial charge in [-0.2, -0.15) is 0 Å². The third-order valence-corrected chi connectivity index (χ3v) is 6.75. The van der Waals surface area contributed by atoms with Crippen LogP contribution in [-0.2, 0) is 4.79 Å². The third kappa shape index (κ3) is 6.92. The minimum Gasteiger partial charge on any atom is -0.487 e. The Balaban J connectivity index is 1.35. The van der Waals surface area contributed by atoms with Gasteiger partial charge in [0.05, 0.1) is 17.8 Å². The molecule has 1 amide bonds. The highest BCUT2D eigenvalue weighted by Gasteiger charge is 2.26. The lowest BCUT2D eigenvalue weighted by Crippen LogP contribution is -2.45. The standard InChI is InChI=1S/C31H36N8O3/c1-6-39-17-23(35-28(40)8-7-13-38(4)5)18-41-27-15-25-29(37-31(27)39)30(34-19-33-25)36-22-10-12-26(20(2)14-22)42-24-11-9-21(3)32-16-24/h7-12,14-16,19,23H,6,13,17-18H2,1-5H3,(H,35,40)(H,33,34,36)/b8-7+. The maximum absolute atomic E-state index is 12.5. The molecule has 4 aromatic rings. The van der Waals surface area contributed by atoms with Crippen molar-refractivity contribution in [2.24, 2.45) is 0 Å². The number of aryl methyl sites for hydroxylation is 2. The van der Waals surface area contributed by atoms with Crippen molar-refractivity contribution in [1.29, 1.82) is 0 Å². The Hall–Kier alpha value is -4.77. The van der Waals surface area contributed by atoms with Crippen LogP contribution in [0, 0.1) is 13.8 Å². The van der Waals surface area contributed by atoms with Crippen LogP contribution in [0.25, 0.3) is 11.0 Å². The number of benzene rings is 1. The summed E-state index contributed by atoms with van der Waals surface area (Å²) in [7, 11) is 3.91. The fourth-order valence-corrected chi connectivity index (χ4v) is 4.58. The van der Waals surface area contributed by atoms with Crippen molar-refractivity contribution < 1.29 is 14.3 Å². The maximum atomic E-state index is 12.5. The zero-order valence-corrected chi connectivity index (χ0v) is 24.6. The van der Waals surface area contributed by atoms with Crippen LogP contribution < -0.4 is 25.0 Å². The van der Waals surface area contributed by atoms with E-state index in [9.17, 15) is 4.79 Å². The second kappa shape index (κ2) is 12.8. The molecule has 1 aliphatic rings. The van der Waals surface area contributed by atoms with Crippen molar-refractivity contribution in [2.75, 3.05) is 50.6 Å². The topological polar surface area (TPSA) is 118 Å². The minimum atomic E-state index is -0.207. The van der Waals surface area contributed by atoms with E-state index in [-0.39, 0.29) is 11.9 Å². The Labute approximate surface area is 245 Å². The lowest BCUT2D eigenvalue weighted by atomic mass is 10.2. The van der Waals surface area contributed by atoms with Crippen molar-refractivity contribution in [3.8, 4) is 17.2 Å².